The van der Waals surface area contributed by atoms with E-state index in [-0.39, 0.29) is 23.4 Å². The number of halogens is 1. The van der Waals surface area contributed by atoms with Crippen LogP contribution in [0.1, 0.15) is 21.8 Å². The number of likely N-dealkylation sites (N-methyl/N-ethyl adjacent to an activating group) is 1. The van der Waals surface area contributed by atoms with Crippen LogP contribution in [0.5, 0.6) is 5.75 Å². The molecule has 1 aromatic carbocycles. The Labute approximate surface area is 147 Å². The molecule has 2 aromatic rings. The van der Waals surface area contributed by atoms with E-state index >= 15 is 0 Å². The first-order chi connectivity index (χ1) is 12.0. The van der Waals surface area contributed by atoms with Crippen molar-refractivity contribution in [1.29, 1.82) is 0 Å². The van der Waals surface area contributed by atoms with Gasteiger partial charge in [0.05, 0.1) is 18.9 Å². The standard InChI is InChI=1S/C19H22FN3O2/c1-22(2)18-12-23(19(24)14-8-15(20)10-21-9-14)11-17(18)13-4-6-16(25-3)7-5-13/h4-10,17-18H,11-12H2,1-3H3. The summed E-state index contributed by atoms with van der Waals surface area (Å²) in [5, 5.41) is 0. The van der Waals surface area contributed by atoms with Crippen LogP contribution in [0, 0.1) is 5.82 Å². The number of likely N-dealkylation sites (tertiary alicyclic amines) is 1. The predicted octanol–water partition coefficient (Wildman–Crippen LogP) is 2.40. The second kappa shape index (κ2) is 7.19. The number of pyridine rings is 1. The van der Waals surface area contributed by atoms with Gasteiger partial charge in [0.25, 0.3) is 5.91 Å². The van der Waals surface area contributed by atoms with E-state index in [2.05, 4.69) is 9.88 Å². The maximum Gasteiger partial charge on any atom is 0.255 e. The van der Waals surface area contributed by atoms with Crippen molar-refractivity contribution in [3.8, 4) is 5.75 Å². The van der Waals surface area contributed by atoms with Crippen LogP contribution in [0.4, 0.5) is 4.39 Å². The number of methoxy groups -OCH3 is 1. The fraction of sp³-hybridized carbons (Fsp3) is 0.368. The van der Waals surface area contributed by atoms with E-state index in [0.29, 0.717) is 13.1 Å². The molecule has 0 radical (unpaired) electrons. The molecule has 0 N–H and O–H groups in total. The number of rotatable bonds is 4. The summed E-state index contributed by atoms with van der Waals surface area (Å²) in [6.45, 7) is 1.18. The molecular weight excluding hydrogens is 321 g/mol. The van der Waals surface area contributed by atoms with E-state index in [9.17, 15) is 9.18 Å². The molecule has 0 saturated carbocycles. The van der Waals surface area contributed by atoms with Crippen LogP contribution in [0.3, 0.4) is 0 Å². The zero-order chi connectivity index (χ0) is 18.0. The molecule has 0 bridgehead atoms. The lowest BCUT2D eigenvalue weighted by atomic mass is 9.93. The van der Waals surface area contributed by atoms with E-state index in [0.717, 1.165) is 17.5 Å². The third-order valence-electron chi connectivity index (χ3n) is 4.74. The summed E-state index contributed by atoms with van der Waals surface area (Å²) in [5.74, 6) is 0.309. The Hall–Kier alpha value is -2.47. The van der Waals surface area contributed by atoms with Crippen molar-refractivity contribution >= 4 is 5.91 Å². The number of carbonyl (C=O) groups excluding carboxylic acids is 1. The maximum atomic E-state index is 13.4. The fourth-order valence-corrected chi connectivity index (χ4v) is 3.37. The van der Waals surface area contributed by atoms with E-state index < -0.39 is 5.82 Å². The highest BCUT2D eigenvalue weighted by Crippen LogP contribution is 2.32. The number of hydrogen-bond acceptors (Lipinski definition) is 4. The van der Waals surface area contributed by atoms with Crippen molar-refractivity contribution in [3.63, 3.8) is 0 Å². The van der Waals surface area contributed by atoms with E-state index in [1.807, 2.05) is 38.4 Å². The van der Waals surface area contributed by atoms with Crippen LogP contribution >= 0.6 is 0 Å². The smallest absolute Gasteiger partial charge is 0.255 e. The molecule has 2 unspecified atom stereocenters. The first kappa shape index (κ1) is 17.4. The quantitative estimate of drug-likeness (QED) is 0.855. The lowest BCUT2D eigenvalue weighted by Gasteiger charge is -2.25. The molecule has 1 aromatic heterocycles. The molecule has 2 atom stereocenters. The van der Waals surface area contributed by atoms with Crippen LogP contribution in [0.2, 0.25) is 0 Å². The van der Waals surface area contributed by atoms with Gasteiger partial charge in [-0.15, -0.1) is 0 Å². The second-order valence-corrected chi connectivity index (χ2v) is 6.51. The van der Waals surface area contributed by atoms with Gasteiger partial charge in [-0.2, -0.15) is 0 Å². The summed E-state index contributed by atoms with van der Waals surface area (Å²) in [6.07, 6.45) is 2.51. The molecule has 3 rings (SSSR count). The Bertz CT molecular complexity index is 749. The number of carbonyl (C=O) groups is 1. The largest absolute Gasteiger partial charge is 0.497 e. The highest BCUT2D eigenvalue weighted by molar-refractivity contribution is 5.94. The van der Waals surface area contributed by atoms with Gasteiger partial charge in [0.15, 0.2) is 0 Å². The van der Waals surface area contributed by atoms with E-state index in [1.165, 1.54) is 12.3 Å². The summed E-state index contributed by atoms with van der Waals surface area (Å²) in [6, 6.07) is 9.38. The minimum absolute atomic E-state index is 0.185. The topological polar surface area (TPSA) is 45.7 Å². The second-order valence-electron chi connectivity index (χ2n) is 6.51. The molecule has 1 fully saturated rings. The lowest BCUT2D eigenvalue weighted by Crippen LogP contribution is -2.35. The van der Waals surface area contributed by atoms with E-state index in [1.54, 1.807) is 12.0 Å². The Morgan fingerprint density at radius 3 is 2.56 bits per heavy atom. The van der Waals surface area contributed by atoms with Crippen LogP contribution in [-0.4, -0.2) is 61.0 Å². The number of hydrogen-bond donors (Lipinski definition) is 0. The summed E-state index contributed by atoms with van der Waals surface area (Å²) < 4.78 is 18.6. The van der Waals surface area contributed by atoms with Crippen molar-refractivity contribution in [2.45, 2.75) is 12.0 Å². The third-order valence-corrected chi connectivity index (χ3v) is 4.74. The molecule has 1 aliphatic rings. The van der Waals surface area contributed by atoms with Gasteiger partial charge in [-0.3, -0.25) is 9.78 Å². The SMILES string of the molecule is COc1ccc(C2CN(C(=O)c3cncc(F)c3)CC2N(C)C)cc1. The fourth-order valence-electron chi connectivity index (χ4n) is 3.37. The van der Waals surface area contributed by atoms with Gasteiger partial charge in [-0.05, 0) is 37.9 Å². The zero-order valence-corrected chi connectivity index (χ0v) is 14.6. The molecule has 25 heavy (non-hydrogen) atoms. The number of benzene rings is 1. The van der Waals surface area contributed by atoms with Gasteiger partial charge in [-0.1, -0.05) is 12.1 Å². The van der Waals surface area contributed by atoms with Crippen LogP contribution in [0.25, 0.3) is 0 Å². The normalized spacial score (nSPS) is 20.1. The first-order valence-electron chi connectivity index (χ1n) is 8.20. The predicted molar refractivity (Wildman–Crippen MR) is 93.3 cm³/mol. The molecule has 0 spiro atoms. The molecular formula is C19H22FN3O2. The molecule has 1 saturated heterocycles. The molecule has 2 heterocycles. The van der Waals surface area contributed by atoms with Crippen molar-refractivity contribution < 1.29 is 13.9 Å². The van der Waals surface area contributed by atoms with Gasteiger partial charge in [-0.25, -0.2) is 4.39 Å². The van der Waals surface area contributed by atoms with Gasteiger partial charge >= 0.3 is 0 Å². The van der Waals surface area contributed by atoms with Crippen molar-refractivity contribution in [2.24, 2.45) is 0 Å². The molecule has 1 amide bonds. The Kier molecular flexibility index (Phi) is 4.99. The first-order valence-corrected chi connectivity index (χ1v) is 8.20. The number of ether oxygens (including phenoxy) is 1. The molecule has 0 aliphatic carbocycles. The maximum absolute atomic E-state index is 13.4. The van der Waals surface area contributed by atoms with Gasteiger partial charge in [0, 0.05) is 31.2 Å². The Morgan fingerprint density at radius 2 is 1.96 bits per heavy atom. The summed E-state index contributed by atoms with van der Waals surface area (Å²) >= 11 is 0. The third kappa shape index (κ3) is 3.64. The lowest BCUT2D eigenvalue weighted by molar-refractivity contribution is 0.0781. The summed E-state index contributed by atoms with van der Waals surface area (Å²) in [5.41, 5.74) is 1.44. The highest BCUT2D eigenvalue weighted by atomic mass is 19.1. The Morgan fingerprint density at radius 1 is 1.24 bits per heavy atom. The van der Waals surface area contributed by atoms with Gasteiger partial charge in [0.2, 0.25) is 0 Å². The molecule has 132 valence electrons. The number of amides is 1. The average molecular weight is 343 g/mol. The van der Waals surface area contributed by atoms with E-state index in [4.69, 9.17) is 4.74 Å². The van der Waals surface area contributed by atoms with Crippen molar-refractivity contribution in [1.82, 2.24) is 14.8 Å². The van der Waals surface area contributed by atoms with Crippen LogP contribution < -0.4 is 4.74 Å². The highest BCUT2D eigenvalue weighted by Gasteiger charge is 2.37. The summed E-state index contributed by atoms with van der Waals surface area (Å²) in [4.78, 5) is 20.4. The van der Waals surface area contributed by atoms with Gasteiger partial charge < -0.3 is 14.5 Å². The van der Waals surface area contributed by atoms with Crippen molar-refractivity contribution in [2.75, 3.05) is 34.3 Å². The van der Waals surface area contributed by atoms with Crippen LogP contribution in [-0.2, 0) is 0 Å². The zero-order valence-electron chi connectivity index (χ0n) is 14.6. The number of aromatic nitrogens is 1. The minimum atomic E-state index is -0.499. The Balaban J connectivity index is 1.83. The monoisotopic (exact) mass is 343 g/mol. The summed E-state index contributed by atoms with van der Waals surface area (Å²) in [7, 11) is 5.67. The average Bonchev–Trinajstić information content (AvgIpc) is 3.07. The van der Waals surface area contributed by atoms with Crippen LogP contribution in [0.15, 0.2) is 42.7 Å². The molecule has 6 heteroatoms. The number of nitrogens with zero attached hydrogens (tertiary/aromatic N) is 3. The molecule has 5 nitrogen and oxygen atoms in total. The van der Waals surface area contributed by atoms with Gasteiger partial charge in [0.1, 0.15) is 11.6 Å². The molecule has 1 aliphatic heterocycles. The minimum Gasteiger partial charge on any atom is -0.497 e. The van der Waals surface area contributed by atoms with Crippen molar-refractivity contribution in [3.05, 3.63) is 59.7 Å².